The van der Waals surface area contributed by atoms with E-state index >= 15 is 0 Å². The number of ether oxygens (including phenoxy) is 1. The van der Waals surface area contributed by atoms with Gasteiger partial charge in [0.1, 0.15) is 12.9 Å². The molecule has 0 aromatic heterocycles. The molecule has 1 aromatic carbocycles. The summed E-state index contributed by atoms with van der Waals surface area (Å²) in [6.45, 7) is 0.101. The van der Waals surface area contributed by atoms with Gasteiger partial charge in [-0.1, -0.05) is 30.3 Å². The Kier molecular flexibility index (Phi) is 5.59. The van der Waals surface area contributed by atoms with Crippen LogP contribution in [-0.2, 0) is 20.2 Å². The van der Waals surface area contributed by atoms with Gasteiger partial charge in [0.2, 0.25) is 0 Å². The zero-order chi connectivity index (χ0) is 12.7. The van der Waals surface area contributed by atoms with Crippen LogP contribution in [0.5, 0.6) is 0 Å². The van der Waals surface area contributed by atoms with Crippen molar-refractivity contribution in [3.05, 3.63) is 35.9 Å². The molecule has 2 N–H and O–H groups in total. The van der Waals surface area contributed by atoms with Gasteiger partial charge in [0.15, 0.2) is 0 Å². The SMILES string of the molecule is O=C(NCP(=O)(O)OP)OCc1ccccc1. The fourth-order valence-electron chi connectivity index (χ4n) is 0.976. The maximum atomic E-state index is 11.2. The van der Waals surface area contributed by atoms with E-state index in [1.54, 1.807) is 21.6 Å². The van der Waals surface area contributed by atoms with Crippen molar-refractivity contribution in [3.8, 4) is 0 Å². The standard InChI is InChI=1S/C9H13NO5P2/c11-9(10-7-17(12,13)15-16)14-6-8-4-2-1-3-5-8/h1-5H,6-7,16H2,(H,10,11)(H,12,13). The predicted molar refractivity (Wildman–Crippen MR) is 65.3 cm³/mol. The summed E-state index contributed by atoms with van der Waals surface area (Å²) in [5.74, 6) is 0. The van der Waals surface area contributed by atoms with Crippen LogP contribution >= 0.6 is 17.1 Å². The highest BCUT2D eigenvalue weighted by atomic mass is 31.2. The van der Waals surface area contributed by atoms with Crippen molar-refractivity contribution in [2.24, 2.45) is 0 Å². The van der Waals surface area contributed by atoms with Gasteiger partial charge in [0.25, 0.3) is 0 Å². The van der Waals surface area contributed by atoms with Crippen LogP contribution in [0.15, 0.2) is 30.3 Å². The average molecular weight is 277 g/mol. The van der Waals surface area contributed by atoms with Crippen LogP contribution < -0.4 is 5.32 Å². The Labute approximate surface area is 101 Å². The summed E-state index contributed by atoms with van der Waals surface area (Å²) >= 11 is 0. The highest BCUT2D eigenvalue weighted by molar-refractivity contribution is 7.56. The normalized spacial score (nSPS) is 13.8. The van der Waals surface area contributed by atoms with Crippen LogP contribution in [0, 0.1) is 0 Å². The predicted octanol–water partition coefficient (Wildman–Crippen LogP) is 1.86. The lowest BCUT2D eigenvalue weighted by Crippen LogP contribution is -2.25. The Hall–Kier alpha value is -0.930. The van der Waals surface area contributed by atoms with Gasteiger partial charge in [-0.15, -0.1) is 0 Å². The first-order valence-electron chi connectivity index (χ1n) is 4.68. The van der Waals surface area contributed by atoms with E-state index in [0.717, 1.165) is 5.56 Å². The van der Waals surface area contributed by atoms with E-state index in [0.29, 0.717) is 0 Å². The number of rotatable bonds is 5. The fraction of sp³-hybridized carbons (Fsp3) is 0.222. The molecule has 2 atom stereocenters. The molecule has 0 saturated carbocycles. The van der Waals surface area contributed by atoms with E-state index in [9.17, 15) is 9.36 Å². The first-order valence-corrected chi connectivity index (χ1v) is 6.92. The smallest absolute Gasteiger partial charge is 0.408 e. The van der Waals surface area contributed by atoms with Gasteiger partial charge in [0.05, 0.1) is 0 Å². The Morgan fingerprint density at radius 1 is 1.41 bits per heavy atom. The summed E-state index contributed by atoms with van der Waals surface area (Å²) in [6, 6.07) is 9.09. The Morgan fingerprint density at radius 3 is 2.65 bits per heavy atom. The average Bonchev–Trinajstić information content (AvgIpc) is 2.35. The van der Waals surface area contributed by atoms with E-state index in [1.807, 2.05) is 18.2 Å². The fourth-order valence-corrected chi connectivity index (χ4v) is 1.60. The van der Waals surface area contributed by atoms with Crippen LogP contribution in [0.4, 0.5) is 4.79 Å². The van der Waals surface area contributed by atoms with Crippen LogP contribution in [0.1, 0.15) is 5.56 Å². The van der Waals surface area contributed by atoms with Crippen molar-refractivity contribution in [1.82, 2.24) is 5.32 Å². The molecular formula is C9H13NO5P2. The minimum absolute atomic E-state index is 0.101. The van der Waals surface area contributed by atoms with Gasteiger partial charge in [-0.05, 0) is 5.56 Å². The second-order valence-corrected chi connectivity index (χ2v) is 5.57. The molecule has 1 amide bonds. The van der Waals surface area contributed by atoms with Crippen molar-refractivity contribution in [2.45, 2.75) is 6.61 Å². The first-order chi connectivity index (χ1) is 8.03. The monoisotopic (exact) mass is 277 g/mol. The molecule has 6 nitrogen and oxygen atoms in total. The Bertz CT molecular complexity index is 411. The van der Waals surface area contributed by atoms with Crippen molar-refractivity contribution in [3.63, 3.8) is 0 Å². The van der Waals surface area contributed by atoms with E-state index in [-0.39, 0.29) is 6.61 Å². The zero-order valence-electron chi connectivity index (χ0n) is 8.91. The maximum absolute atomic E-state index is 11.2. The Balaban J connectivity index is 2.29. The number of nitrogens with one attached hydrogen (secondary N) is 1. The highest BCUT2D eigenvalue weighted by Gasteiger charge is 2.18. The van der Waals surface area contributed by atoms with Crippen molar-refractivity contribution in [1.29, 1.82) is 0 Å². The molecule has 2 unspecified atom stereocenters. The molecule has 1 aromatic rings. The Morgan fingerprint density at radius 2 is 2.06 bits per heavy atom. The summed E-state index contributed by atoms with van der Waals surface area (Å²) in [5, 5.41) is 2.13. The number of benzene rings is 1. The number of carbonyl (C=O) groups is 1. The van der Waals surface area contributed by atoms with E-state index in [4.69, 9.17) is 9.63 Å². The molecule has 0 radical (unpaired) electrons. The van der Waals surface area contributed by atoms with Gasteiger partial charge in [-0.2, -0.15) is 0 Å². The molecule has 0 fully saturated rings. The second-order valence-electron chi connectivity index (χ2n) is 3.14. The zero-order valence-corrected chi connectivity index (χ0v) is 11.0. The second kappa shape index (κ2) is 6.72. The van der Waals surface area contributed by atoms with Gasteiger partial charge in [0, 0.05) is 9.47 Å². The summed E-state index contributed by atoms with van der Waals surface area (Å²) in [6.07, 6.45) is -1.27. The third-order valence-corrected chi connectivity index (χ3v) is 3.68. The number of hydrogen-bond acceptors (Lipinski definition) is 4. The molecule has 0 spiro atoms. The summed E-state index contributed by atoms with van der Waals surface area (Å²) < 4.78 is 20.0. The number of hydrogen-bond donors (Lipinski definition) is 2. The summed E-state index contributed by atoms with van der Waals surface area (Å²) in [5.41, 5.74) is 0.831. The van der Waals surface area contributed by atoms with Crippen molar-refractivity contribution in [2.75, 3.05) is 6.29 Å². The third kappa shape index (κ3) is 5.80. The molecule has 0 aliphatic heterocycles. The summed E-state index contributed by atoms with van der Waals surface area (Å²) in [4.78, 5) is 20.2. The minimum Gasteiger partial charge on any atom is -0.445 e. The van der Waals surface area contributed by atoms with Gasteiger partial charge < -0.3 is 14.9 Å². The van der Waals surface area contributed by atoms with Crippen molar-refractivity contribution < 1.29 is 23.3 Å². The maximum Gasteiger partial charge on any atom is 0.408 e. The molecule has 94 valence electrons. The third-order valence-electron chi connectivity index (χ3n) is 1.80. The largest absolute Gasteiger partial charge is 0.445 e. The van der Waals surface area contributed by atoms with Gasteiger partial charge in [-0.25, -0.2) is 4.79 Å². The number of carbonyl (C=O) groups excluding carboxylic acids is 1. The summed E-state index contributed by atoms with van der Waals surface area (Å²) in [7, 11) is -2.10. The molecule has 0 heterocycles. The lowest BCUT2D eigenvalue weighted by Gasteiger charge is -2.10. The lowest BCUT2D eigenvalue weighted by atomic mass is 10.2. The topological polar surface area (TPSA) is 84.9 Å². The van der Waals surface area contributed by atoms with E-state index in [2.05, 4.69) is 9.63 Å². The van der Waals surface area contributed by atoms with Gasteiger partial charge in [-0.3, -0.25) is 8.88 Å². The molecule has 17 heavy (non-hydrogen) atoms. The van der Waals surface area contributed by atoms with Crippen LogP contribution in [0.2, 0.25) is 0 Å². The molecule has 0 bridgehead atoms. The first kappa shape index (κ1) is 14.1. The number of alkyl carbamates (subject to hydrolysis) is 1. The molecule has 1 rings (SSSR count). The minimum atomic E-state index is -3.77. The van der Waals surface area contributed by atoms with Crippen LogP contribution in [0.3, 0.4) is 0 Å². The van der Waals surface area contributed by atoms with E-state index in [1.165, 1.54) is 0 Å². The molecule has 0 saturated heterocycles. The van der Waals surface area contributed by atoms with Crippen molar-refractivity contribution >= 4 is 23.2 Å². The van der Waals surface area contributed by atoms with Crippen LogP contribution in [-0.4, -0.2) is 17.3 Å². The number of amides is 1. The quantitative estimate of drug-likeness (QED) is 0.802. The molecule has 0 aliphatic rings. The van der Waals surface area contributed by atoms with Gasteiger partial charge >= 0.3 is 13.7 Å². The highest BCUT2D eigenvalue weighted by Crippen LogP contribution is 2.42. The van der Waals surface area contributed by atoms with Crippen LogP contribution in [0.25, 0.3) is 0 Å². The molecule has 0 aliphatic carbocycles. The van der Waals surface area contributed by atoms with E-state index < -0.39 is 20.0 Å². The molecule has 8 heteroatoms. The lowest BCUT2D eigenvalue weighted by molar-refractivity contribution is 0.140. The molecular weight excluding hydrogens is 264 g/mol.